The number of hydrogen-bond donors (Lipinski definition) is 1. The van der Waals surface area contributed by atoms with Crippen LogP contribution in [-0.2, 0) is 9.59 Å². The molecule has 0 unspecified atom stereocenters. The van der Waals surface area contributed by atoms with Gasteiger partial charge in [-0.05, 0) is 31.0 Å². The van der Waals surface area contributed by atoms with Crippen LogP contribution in [-0.4, -0.2) is 65.8 Å². The Morgan fingerprint density at radius 1 is 1.03 bits per heavy atom. The number of nitrogens with zero attached hydrogens (tertiary/aromatic N) is 3. The number of anilines is 2. The molecule has 5 rings (SSSR count). The van der Waals surface area contributed by atoms with Gasteiger partial charge in [-0.2, -0.15) is 0 Å². The number of benzene rings is 1. The van der Waals surface area contributed by atoms with Crippen LogP contribution in [0, 0.1) is 0 Å². The van der Waals surface area contributed by atoms with E-state index >= 15 is 0 Å². The molecule has 162 valence electrons. The average Bonchev–Trinajstić information content (AvgIpc) is 3.48. The Labute approximate surface area is 180 Å². The van der Waals surface area contributed by atoms with Gasteiger partial charge in [-0.25, -0.2) is 0 Å². The molecule has 1 aromatic heterocycles. The first-order valence-corrected chi connectivity index (χ1v) is 10.9. The van der Waals surface area contributed by atoms with Crippen molar-refractivity contribution < 1.29 is 18.8 Å². The van der Waals surface area contributed by atoms with E-state index in [1.54, 1.807) is 15.9 Å². The molecule has 1 aromatic carbocycles. The molecular formula is C23H26N4O4. The second kappa shape index (κ2) is 7.85. The van der Waals surface area contributed by atoms with E-state index in [1.807, 2.05) is 24.3 Å². The number of nitrogens with one attached hydrogen (secondary N) is 1. The smallest absolute Gasteiger partial charge is 0.257 e. The maximum absolute atomic E-state index is 13.5. The Kier molecular flexibility index (Phi) is 5.02. The fourth-order valence-corrected chi connectivity index (χ4v) is 5.07. The molecule has 1 N–H and O–H groups in total. The number of furan rings is 1. The molecule has 3 heterocycles. The zero-order chi connectivity index (χ0) is 21.4. The number of piperazine rings is 1. The van der Waals surface area contributed by atoms with E-state index < -0.39 is 5.54 Å². The van der Waals surface area contributed by atoms with Gasteiger partial charge in [0.1, 0.15) is 11.8 Å². The van der Waals surface area contributed by atoms with Crippen LogP contribution in [0.1, 0.15) is 36.0 Å². The number of hydrogen-bond acceptors (Lipinski definition) is 5. The number of carbonyl (C=O) groups is 3. The van der Waals surface area contributed by atoms with Crippen molar-refractivity contribution in [1.82, 2.24) is 9.80 Å². The summed E-state index contributed by atoms with van der Waals surface area (Å²) in [5, 5.41) is 3.01. The summed E-state index contributed by atoms with van der Waals surface area (Å²) in [5.74, 6) is -0.183. The van der Waals surface area contributed by atoms with Gasteiger partial charge in [-0.3, -0.25) is 24.2 Å². The van der Waals surface area contributed by atoms with Crippen molar-refractivity contribution in [2.24, 2.45) is 0 Å². The molecule has 1 spiro atoms. The van der Waals surface area contributed by atoms with Crippen LogP contribution in [0.3, 0.4) is 0 Å². The van der Waals surface area contributed by atoms with Crippen LogP contribution in [0.15, 0.2) is 47.3 Å². The third-order valence-corrected chi connectivity index (χ3v) is 6.71. The lowest BCUT2D eigenvalue weighted by molar-refractivity contribution is -0.128. The minimum atomic E-state index is -0.787. The normalized spacial score (nSPS) is 20.6. The summed E-state index contributed by atoms with van der Waals surface area (Å²) in [6.45, 7) is 2.57. The summed E-state index contributed by atoms with van der Waals surface area (Å²) in [6, 6.07) is 9.19. The van der Waals surface area contributed by atoms with Crippen LogP contribution in [0.2, 0.25) is 0 Å². The first-order valence-electron chi connectivity index (χ1n) is 10.9. The van der Waals surface area contributed by atoms with Gasteiger partial charge in [-0.1, -0.05) is 25.0 Å². The number of amides is 3. The summed E-state index contributed by atoms with van der Waals surface area (Å²) in [6.07, 6.45) is 6.20. The predicted molar refractivity (Wildman–Crippen MR) is 115 cm³/mol. The molecular weight excluding hydrogens is 396 g/mol. The Morgan fingerprint density at radius 2 is 1.77 bits per heavy atom. The highest BCUT2D eigenvalue weighted by molar-refractivity contribution is 6.15. The zero-order valence-electron chi connectivity index (χ0n) is 17.4. The van der Waals surface area contributed by atoms with E-state index in [0.717, 1.165) is 18.5 Å². The van der Waals surface area contributed by atoms with Crippen molar-refractivity contribution in [3.63, 3.8) is 0 Å². The van der Waals surface area contributed by atoms with Gasteiger partial charge in [-0.15, -0.1) is 0 Å². The molecule has 1 saturated heterocycles. The highest BCUT2D eigenvalue weighted by Gasteiger charge is 2.52. The lowest BCUT2D eigenvalue weighted by Crippen LogP contribution is -2.62. The van der Waals surface area contributed by atoms with Crippen LogP contribution in [0.5, 0.6) is 0 Å². The average molecular weight is 422 g/mol. The van der Waals surface area contributed by atoms with E-state index in [1.165, 1.54) is 12.5 Å². The summed E-state index contributed by atoms with van der Waals surface area (Å²) in [7, 11) is 0. The maximum atomic E-state index is 13.5. The molecule has 8 heteroatoms. The van der Waals surface area contributed by atoms with E-state index in [-0.39, 0.29) is 24.3 Å². The second-order valence-electron chi connectivity index (χ2n) is 8.52. The molecule has 0 radical (unpaired) electrons. The Bertz CT molecular complexity index is 989. The molecule has 2 aromatic rings. The molecule has 3 amide bonds. The maximum Gasteiger partial charge on any atom is 0.257 e. The largest absolute Gasteiger partial charge is 0.472 e. The Hall–Kier alpha value is -3.13. The third-order valence-electron chi connectivity index (χ3n) is 6.71. The molecule has 2 aliphatic heterocycles. The van der Waals surface area contributed by atoms with Gasteiger partial charge in [0.2, 0.25) is 5.91 Å². The minimum absolute atomic E-state index is 0.0498. The molecule has 31 heavy (non-hydrogen) atoms. The SMILES string of the molecule is O=C(c1ccoc1)N1CCN(CC(=O)N2c3ccccc3NC(=O)C23CCCC3)CC1. The van der Waals surface area contributed by atoms with Gasteiger partial charge in [0, 0.05) is 26.2 Å². The summed E-state index contributed by atoms with van der Waals surface area (Å²) in [5.41, 5.74) is 1.23. The zero-order valence-corrected chi connectivity index (χ0v) is 17.4. The van der Waals surface area contributed by atoms with Crippen molar-refractivity contribution in [2.75, 3.05) is 42.9 Å². The number of rotatable bonds is 3. The monoisotopic (exact) mass is 422 g/mol. The van der Waals surface area contributed by atoms with E-state index in [4.69, 9.17) is 4.42 Å². The predicted octanol–water partition coefficient (Wildman–Crippen LogP) is 2.34. The molecule has 0 bridgehead atoms. The number of para-hydroxylation sites is 2. The van der Waals surface area contributed by atoms with E-state index in [0.29, 0.717) is 50.3 Å². The van der Waals surface area contributed by atoms with Crippen molar-refractivity contribution in [3.05, 3.63) is 48.4 Å². The number of carbonyl (C=O) groups excluding carboxylic acids is 3. The topological polar surface area (TPSA) is 86.1 Å². The third kappa shape index (κ3) is 3.40. The molecule has 8 nitrogen and oxygen atoms in total. The molecule has 3 aliphatic rings. The molecule has 1 aliphatic carbocycles. The lowest BCUT2D eigenvalue weighted by Gasteiger charge is -2.45. The lowest BCUT2D eigenvalue weighted by atomic mass is 9.89. The van der Waals surface area contributed by atoms with Crippen molar-refractivity contribution >= 4 is 29.1 Å². The summed E-state index contributed by atoms with van der Waals surface area (Å²) >= 11 is 0. The van der Waals surface area contributed by atoms with Gasteiger partial charge in [0.15, 0.2) is 0 Å². The Morgan fingerprint density at radius 3 is 2.48 bits per heavy atom. The first-order chi connectivity index (χ1) is 15.1. The van der Waals surface area contributed by atoms with Gasteiger partial charge in [0.25, 0.3) is 11.8 Å². The van der Waals surface area contributed by atoms with Crippen molar-refractivity contribution in [1.29, 1.82) is 0 Å². The molecule has 0 atom stereocenters. The highest BCUT2D eigenvalue weighted by Crippen LogP contribution is 2.45. The molecule has 1 saturated carbocycles. The Balaban J connectivity index is 1.31. The number of fused-ring (bicyclic) bond motifs is 1. The van der Waals surface area contributed by atoms with Crippen molar-refractivity contribution in [3.8, 4) is 0 Å². The van der Waals surface area contributed by atoms with Gasteiger partial charge in [0.05, 0.1) is 29.7 Å². The highest BCUT2D eigenvalue weighted by atomic mass is 16.3. The minimum Gasteiger partial charge on any atom is -0.472 e. The van der Waals surface area contributed by atoms with Crippen molar-refractivity contribution in [2.45, 2.75) is 31.2 Å². The van der Waals surface area contributed by atoms with Gasteiger partial charge >= 0.3 is 0 Å². The standard InChI is InChI=1S/C23H26N4O4/c28-20(15-25-10-12-26(13-11-25)21(29)17-7-14-31-16-17)27-19-6-2-1-5-18(19)24-22(30)23(27)8-3-4-9-23/h1-2,5-7,14,16H,3-4,8-13,15H2,(H,24,30). The van der Waals surface area contributed by atoms with Crippen LogP contribution >= 0.6 is 0 Å². The molecule has 2 fully saturated rings. The van der Waals surface area contributed by atoms with Crippen LogP contribution < -0.4 is 10.2 Å². The van der Waals surface area contributed by atoms with E-state index in [2.05, 4.69) is 10.2 Å². The fourth-order valence-electron chi connectivity index (χ4n) is 5.07. The fraction of sp³-hybridized carbons (Fsp3) is 0.435. The van der Waals surface area contributed by atoms with Gasteiger partial charge < -0.3 is 14.6 Å². The summed E-state index contributed by atoms with van der Waals surface area (Å²) < 4.78 is 5.01. The second-order valence-corrected chi connectivity index (χ2v) is 8.52. The van der Waals surface area contributed by atoms with Crippen LogP contribution in [0.25, 0.3) is 0 Å². The first kappa shape index (κ1) is 19.8. The quantitative estimate of drug-likeness (QED) is 0.821. The van der Waals surface area contributed by atoms with E-state index in [9.17, 15) is 14.4 Å². The van der Waals surface area contributed by atoms with Crippen LogP contribution in [0.4, 0.5) is 11.4 Å². The summed E-state index contributed by atoms with van der Waals surface area (Å²) in [4.78, 5) is 44.7.